The van der Waals surface area contributed by atoms with E-state index in [1.807, 2.05) is 30.3 Å². The molecule has 2 aliphatic heterocycles. The molecule has 9 nitrogen and oxygen atoms in total. The Bertz CT molecular complexity index is 1160. The average Bonchev–Trinajstić information content (AvgIpc) is 3.24. The molecule has 1 atom stereocenters. The number of carbonyl (C=O) groups is 3. The molecule has 0 aliphatic carbocycles. The number of amides is 3. The third-order valence-electron chi connectivity index (χ3n) is 6.44. The van der Waals surface area contributed by atoms with Crippen LogP contribution in [0.1, 0.15) is 24.8 Å². The van der Waals surface area contributed by atoms with Crippen molar-refractivity contribution >= 4 is 33.4 Å². The van der Waals surface area contributed by atoms with Gasteiger partial charge in [0.25, 0.3) is 0 Å². The van der Waals surface area contributed by atoms with Gasteiger partial charge in [-0.1, -0.05) is 30.3 Å². The van der Waals surface area contributed by atoms with Crippen LogP contribution in [0.2, 0.25) is 0 Å². The van der Waals surface area contributed by atoms with Crippen molar-refractivity contribution in [1.82, 2.24) is 10.2 Å². The number of primary sulfonamides is 1. The summed E-state index contributed by atoms with van der Waals surface area (Å²) in [4.78, 5) is 41.5. The Labute approximate surface area is 199 Å². The normalized spacial score (nSPS) is 19.3. The maximum Gasteiger partial charge on any atom is 0.238 e. The van der Waals surface area contributed by atoms with Crippen LogP contribution in [0.4, 0.5) is 5.69 Å². The molecule has 2 aromatic carbocycles. The molecule has 2 fully saturated rings. The molecule has 0 bridgehead atoms. The summed E-state index contributed by atoms with van der Waals surface area (Å²) < 4.78 is 22.7. The Morgan fingerprint density at radius 2 is 1.62 bits per heavy atom. The molecule has 10 heteroatoms. The van der Waals surface area contributed by atoms with Gasteiger partial charge in [-0.2, -0.15) is 0 Å². The number of nitrogens with zero attached hydrogens (tertiary/aromatic N) is 2. The number of rotatable bonds is 6. The minimum Gasteiger partial charge on any atom is -0.352 e. The van der Waals surface area contributed by atoms with Crippen molar-refractivity contribution in [3.63, 3.8) is 0 Å². The highest BCUT2D eigenvalue weighted by Gasteiger charge is 2.38. The third kappa shape index (κ3) is 5.45. The second-order valence-corrected chi connectivity index (χ2v) is 10.3. The second-order valence-electron chi connectivity index (χ2n) is 8.75. The lowest BCUT2D eigenvalue weighted by atomic mass is 9.94. The summed E-state index contributed by atoms with van der Waals surface area (Å²) >= 11 is 0. The molecule has 3 amide bonds. The number of hydrogen-bond acceptors (Lipinski definition) is 5. The van der Waals surface area contributed by atoms with Gasteiger partial charge in [0.1, 0.15) is 0 Å². The number of benzene rings is 2. The molecule has 34 heavy (non-hydrogen) atoms. The van der Waals surface area contributed by atoms with Gasteiger partial charge in [-0.3, -0.25) is 14.4 Å². The molecular formula is C24H28N4O5S. The van der Waals surface area contributed by atoms with Gasteiger partial charge in [0.2, 0.25) is 27.7 Å². The predicted molar refractivity (Wildman–Crippen MR) is 126 cm³/mol. The summed E-state index contributed by atoms with van der Waals surface area (Å²) in [6.45, 7) is 1.63. The zero-order chi connectivity index (χ0) is 24.3. The van der Waals surface area contributed by atoms with Crippen molar-refractivity contribution in [2.75, 3.05) is 24.5 Å². The van der Waals surface area contributed by atoms with Gasteiger partial charge in [-0.15, -0.1) is 0 Å². The average molecular weight is 485 g/mol. The van der Waals surface area contributed by atoms with E-state index < -0.39 is 10.0 Å². The topological polar surface area (TPSA) is 130 Å². The molecule has 2 aromatic rings. The van der Waals surface area contributed by atoms with Crippen LogP contribution in [0.5, 0.6) is 0 Å². The van der Waals surface area contributed by atoms with E-state index in [2.05, 4.69) is 5.32 Å². The fraction of sp³-hybridized carbons (Fsp3) is 0.375. The smallest absolute Gasteiger partial charge is 0.238 e. The highest BCUT2D eigenvalue weighted by atomic mass is 32.2. The van der Waals surface area contributed by atoms with E-state index in [1.54, 1.807) is 21.9 Å². The first-order valence-corrected chi connectivity index (χ1v) is 12.8. The molecule has 0 aromatic heterocycles. The fourth-order valence-electron chi connectivity index (χ4n) is 4.48. The second kappa shape index (κ2) is 9.94. The Morgan fingerprint density at radius 3 is 2.24 bits per heavy atom. The van der Waals surface area contributed by atoms with E-state index in [0.717, 1.165) is 11.3 Å². The van der Waals surface area contributed by atoms with Crippen LogP contribution in [0.3, 0.4) is 0 Å². The van der Waals surface area contributed by atoms with E-state index in [9.17, 15) is 22.8 Å². The zero-order valence-electron chi connectivity index (χ0n) is 18.7. The van der Waals surface area contributed by atoms with E-state index in [4.69, 9.17) is 5.14 Å². The molecule has 0 unspecified atom stereocenters. The molecule has 2 saturated heterocycles. The summed E-state index contributed by atoms with van der Waals surface area (Å²) in [5.41, 5.74) is 1.57. The van der Waals surface area contributed by atoms with Gasteiger partial charge < -0.3 is 15.1 Å². The molecule has 180 valence electrons. The number of para-hydroxylation sites is 1. The van der Waals surface area contributed by atoms with E-state index in [-0.39, 0.29) is 47.4 Å². The first-order valence-electron chi connectivity index (χ1n) is 11.3. The zero-order valence-corrected chi connectivity index (χ0v) is 19.5. The van der Waals surface area contributed by atoms with Crippen molar-refractivity contribution in [3.05, 3.63) is 60.2 Å². The van der Waals surface area contributed by atoms with Gasteiger partial charge in [-0.25, -0.2) is 13.6 Å². The minimum absolute atomic E-state index is 0.0236. The quantitative estimate of drug-likeness (QED) is 0.637. The Hall–Kier alpha value is -3.24. The van der Waals surface area contributed by atoms with Crippen LogP contribution < -0.4 is 15.4 Å². The van der Waals surface area contributed by atoms with Crippen molar-refractivity contribution in [2.24, 2.45) is 17.0 Å². The molecule has 0 spiro atoms. The molecule has 2 heterocycles. The van der Waals surface area contributed by atoms with Gasteiger partial charge in [0, 0.05) is 44.2 Å². The van der Waals surface area contributed by atoms with Gasteiger partial charge in [0.05, 0.1) is 10.8 Å². The molecule has 4 rings (SSSR count). The lowest BCUT2D eigenvalue weighted by Crippen LogP contribution is -2.45. The van der Waals surface area contributed by atoms with Gasteiger partial charge >= 0.3 is 0 Å². The number of piperidine rings is 1. The Balaban J connectivity index is 1.25. The highest BCUT2D eigenvalue weighted by Crippen LogP contribution is 2.28. The number of nitrogens with one attached hydrogen (secondary N) is 1. The number of sulfonamides is 1. The lowest BCUT2D eigenvalue weighted by molar-refractivity contribution is -0.139. The number of hydrogen-bond donors (Lipinski definition) is 2. The van der Waals surface area contributed by atoms with E-state index >= 15 is 0 Å². The van der Waals surface area contributed by atoms with Crippen LogP contribution in [0.25, 0.3) is 0 Å². The number of nitrogens with two attached hydrogens (primary N) is 1. The molecule has 3 N–H and O–H groups in total. The van der Waals surface area contributed by atoms with Crippen LogP contribution in [0, 0.1) is 11.8 Å². The first-order chi connectivity index (χ1) is 16.2. The molecule has 0 saturated carbocycles. The maximum atomic E-state index is 13.0. The lowest BCUT2D eigenvalue weighted by Gasteiger charge is -2.33. The predicted octanol–water partition coefficient (Wildman–Crippen LogP) is 1.24. The maximum absolute atomic E-state index is 13.0. The van der Waals surface area contributed by atoms with Crippen LogP contribution in [-0.2, 0) is 31.0 Å². The Morgan fingerprint density at radius 1 is 0.971 bits per heavy atom. The van der Waals surface area contributed by atoms with Crippen molar-refractivity contribution in [2.45, 2.75) is 30.7 Å². The molecule has 0 radical (unpaired) electrons. The summed E-state index contributed by atoms with van der Waals surface area (Å²) in [6, 6.07) is 15.4. The standard InChI is InChI=1S/C24H28N4O5S/c25-34(32,33)21-8-6-17(7-9-21)15-26-23(30)18-10-12-27(13-11-18)24(31)19-14-22(29)28(16-19)20-4-2-1-3-5-20/h1-9,18-19H,10-16H2,(H,26,30)(H2,25,32,33)/t19-/m1/s1. The molecular weight excluding hydrogens is 456 g/mol. The number of carbonyl (C=O) groups excluding carboxylic acids is 3. The van der Waals surface area contributed by atoms with Crippen LogP contribution >= 0.6 is 0 Å². The monoisotopic (exact) mass is 484 g/mol. The summed E-state index contributed by atoms with van der Waals surface area (Å²) in [6.07, 6.45) is 1.33. The highest BCUT2D eigenvalue weighted by molar-refractivity contribution is 7.89. The van der Waals surface area contributed by atoms with Crippen LogP contribution in [-0.4, -0.2) is 50.7 Å². The van der Waals surface area contributed by atoms with Gasteiger partial charge in [0.15, 0.2) is 0 Å². The van der Waals surface area contributed by atoms with Crippen molar-refractivity contribution in [3.8, 4) is 0 Å². The Kier molecular flexibility index (Phi) is 6.99. The van der Waals surface area contributed by atoms with Crippen molar-refractivity contribution in [1.29, 1.82) is 0 Å². The number of likely N-dealkylation sites (tertiary alicyclic amines) is 1. The fourth-order valence-corrected chi connectivity index (χ4v) is 5.00. The van der Waals surface area contributed by atoms with Gasteiger partial charge in [-0.05, 0) is 42.7 Å². The van der Waals surface area contributed by atoms with Crippen molar-refractivity contribution < 1.29 is 22.8 Å². The van der Waals surface area contributed by atoms with E-state index in [0.29, 0.717) is 32.5 Å². The summed E-state index contributed by atoms with van der Waals surface area (Å²) in [7, 11) is -3.75. The number of anilines is 1. The SMILES string of the molecule is NS(=O)(=O)c1ccc(CNC(=O)C2CCN(C(=O)[C@@H]3CC(=O)N(c4ccccc4)C3)CC2)cc1. The van der Waals surface area contributed by atoms with E-state index in [1.165, 1.54) is 12.1 Å². The third-order valence-corrected chi connectivity index (χ3v) is 7.37. The largest absolute Gasteiger partial charge is 0.352 e. The minimum atomic E-state index is -3.75. The summed E-state index contributed by atoms with van der Waals surface area (Å²) in [5, 5.41) is 7.98. The molecule has 2 aliphatic rings. The van der Waals surface area contributed by atoms with Crippen LogP contribution in [0.15, 0.2) is 59.5 Å². The first kappa shape index (κ1) is 23.9. The summed E-state index contributed by atoms with van der Waals surface area (Å²) in [5.74, 6) is -0.720.